The molecule has 0 saturated heterocycles. The molecule has 3 heterocycles. The number of fused-ring (bicyclic) bond motifs is 1. The highest BCUT2D eigenvalue weighted by Gasteiger charge is 2.09. The van der Waals surface area contributed by atoms with Crippen LogP contribution in [0.15, 0.2) is 55.0 Å². The zero-order valence-corrected chi connectivity index (χ0v) is 18.5. The van der Waals surface area contributed by atoms with E-state index in [1.54, 1.807) is 12.4 Å². The van der Waals surface area contributed by atoms with Crippen LogP contribution in [-0.2, 0) is 6.54 Å². The molecule has 3 aromatic heterocycles. The second-order valence-electron chi connectivity index (χ2n) is 7.27. The van der Waals surface area contributed by atoms with Crippen LogP contribution in [0.1, 0.15) is 12.5 Å². The molecule has 0 aliphatic carbocycles. The molecule has 0 aliphatic rings. The Morgan fingerprint density at radius 1 is 1.13 bits per heavy atom. The Hall–Kier alpha value is -3.59. The maximum Gasteiger partial charge on any atom is 0.180 e. The van der Waals surface area contributed by atoms with Gasteiger partial charge in [0.2, 0.25) is 0 Å². The number of thiocarbonyl (C=S) groups is 1. The van der Waals surface area contributed by atoms with Gasteiger partial charge in [0.1, 0.15) is 11.3 Å². The number of rotatable bonds is 6. The Bertz CT molecular complexity index is 1220. The fraction of sp³-hybridized carbons (Fsp3) is 0.227. The molecular formula is C22H24N8S. The van der Waals surface area contributed by atoms with Crippen LogP contribution in [0.25, 0.3) is 22.4 Å². The summed E-state index contributed by atoms with van der Waals surface area (Å²) in [5.41, 5.74) is 5.22. The highest BCUT2D eigenvalue weighted by molar-refractivity contribution is 7.80. The van der Waals surface area contributed by atoms with Gasteiger partial charge < -0.3 is 15.5 Å². The third kappa shape index (κ3) is 4.95. The lowest BCUT2D eigenvalue weighted by molar-refractivity contribution is 0.687. The first-order valence-electron chi connectivity index (χ1n) is 9.99. The van der Waals surface area contributed by atoms with E-state index < -0.39 is 0 Å². The fourth-order valence-electron chi connectivity index (χ4n) is 3.13. The second-order valence-corrected chi connectivity index (χ2v) is 7.68. The highest BCUT2D eigenvalue weighted by Crippen LogP contribution is 2.20. The van der Waals surface area contributed by atoms with E-state index in [-0.39, 0.29) is 0 Å². The third-order valence-corrected chi connectivity index (χ3v) is 4.93. The Labute approximate surface area is 186 Å². The number of pyridine rings is 1. The molecule has 0 radical (unpaired) electrons. The lowest BCUT2D eigenvalue weighted by Crippen LogP contribution is -2.28. The van der Waals surface area contributed by atoms with Gasteiger partial charge in [-0.15, -0.1) is 0 Å². The van der Waals surface area contributed by atoms with Crippen molar-refractivity contribution in [2.45, 2.75) is 13.5 Å². The molecule has 0 amide bonds. The Morgan fingerprint density at radius 2 is 2.00 bits per heavy atom. The molecule has 0 fully saturated rings. The quantitative estimate of drug-likeness (QED) is 0.449. The molecule has 0 bridgehead atoms. The summed E-state index contributed by atoms with van der Waals surface area (Å²) >= 11 is 5.23. The molecule has 2 N–H and O–H groups in total. The van der Waals surface area contributed by atoms with Crippen LogP contribution < -0.4 is 15.5 Å². The van der Waals surface area contributed by atoms with Crippen LogP contribution in [0.4, 0.5) is 11.5 Å². The van der Waals surface area contributed by atoms with Crippen molar-refractivity contribution < 1.29 is 0 Å². The number of nitrogens with zero attached hydrogens (tertiary/aromatic N) is 6. The maximum atomic E-state index is 5.23. The molecule has 8 nitrogen and oxygen atoms in total. The molecule has 1 aromatic carbocycles. The zero-order valence-electron chi connectivity index (χ0n) is 17.7. The molecule has 0 spiro atoms. The Morgan fingerprint density at radius 3 is 2.81 bits per heavy atom. The highest BCUT2D eigenvalue weighted by atomic mass is 32.1. The van der Waals surface area contributed by atoms with Crippen molar-refractivity contribution >= 4 is 40.0 Å². The van der Waals surface area contributed by atoms with E-state index in [0.717, 1.165) is 29.0 Å². The van der Waals surface area contributed by atoms with Crippen LogP contribution in [0, 0.1) is 0 Å². The first-order valence-corrected chi connectivity index (χ1v) is 10.4. The lowest BCUT2D eigenvalue weighted by Gasteiger charge is -2.13. The van der Waals surface area contributed by atoms with Gasteiger partial charge in [-0.25, -0.2) is 9.97 Å². The predicted octanol–water partition coefficient (Wildman–Crippen LogP) is 3.31. The van der Waals surface area contributed by atoms with Crippen molar-refractivity contribution in [2.75, 3.05) is 30.9 Å². The van der Waals surface area contributed by atoms with E-state index in [9.17, 15) is 0 Å². The number of hydrogen-bond acceptors (Lipinski definition) is 6. The van der Waals surface area contributed by atoms with Crippen molar-refractivity contribution in [1.82, 2.24) is 30.0 Å². The van der Waals surface area contributed by atoms with E-state index in [2.05, 4.69) is 59.8 Å². The minimum Gasteiger partial charge on any atom is -0.378 e. The molecule has 4 aromatic rings. The van der Waals surface area contributed by atoms with Crippen molar-refractivity contribution in [2.24, 2.45) is 0 Å². The number of aromatic nitrogens is 5. The molecule has 31 heavy (non-hydrogen) atoms. The normalized spacial score (nSPS) is 10.8. The van der Waals surface area contributed by atoms with Gasteiger partial charge in [-0.1, -0.05) is 12.1 Å². The van der Waals surface area contributed by atoms with Gasteiger partial charge in [0.05, 0.1) is 24.6 Å². The topological polar surface area (TPSA) is 83.8 Å². The first-order chi connectivity index (χ1) is 15.0. The lowest BCUT2D eigenvalue weighted by atomic mass is 10.2. The van der Waals surface area contributed by atoms with Crippen molar-refractivity contribution in [3.8, 4) is 11.3 Å². The summed E-state index contributed by atoms with van der Waals surface area (Å²) in [6.45, 7) is 3.41. The second kappa shape index (κ2) is 9.05. The molecule has 0 saturated carbocycles. The van der Waals surface area contributed by atoms with Gasteiger partial charge in [0.25, 0.3) is 0 Å². The molecule has 0 unspecified atom stereocenters. The van der Waals surface area contributed by atoms with Crippen molar-refractivity contribution in [3.63, 3.8) is 0 Å². The summed E-state index contributed by atoms with van der Waals surface area (Å²) in [4.78, 5) is 15.8. The van der Waals surface area contributed by atoms with Crippen LogP contribution in [0.5, 0.6) is 0 Å². The SMILES string of the molecule is CCNC(=S)Nc1ccc2ncc(-c3cnn(Cc4cccc(N(C)C)c4)c3)nc2n1. The van der Waals surface area contributed by atoms with Gasteiger partial charge in [0.15, 0.2) is 10.8 Å². The smallest absolute Gasteiger partial charge is 0.180 e. The van der Waals surface area contributed by atoms with Gasteiger partial charge in [-0.2, -0.15) is 5.10 Å². The number of anilines is 2. The molecule has 4 rings (SSSR count). The molecule has 158 valence electrons. The number of benzene rings is 1. The summed E-state index contributed by atoms with van der Waals surface area (Å²) in [6, 6.07) is 12.1. The van der Waals surface area contributed by atoms with Gasteiger partial charge >= 0.3 is 0 Å². The summed E-state index contributed by atoms with van der Waals surface area (Å²) in [5, 5.41) is 11.1. The molecule has 0 aliphatic heterocycles. The fourth-order valence-corrected chi connectivity index (χ4v) is 3.38. The third-order valence-electron chi connectivity index (χ3n) is 4.69. The van der Waals surface area contributed by atoms with E-state index in [4.69, 9.17) is 12.2 Å². The van der Waals surface area contributed by atoms with E-state index in [1.165, 1.54) is 5.56 Å². The van der Waals surface area contributed by atoms with E-state index in [1.807, 2.05) is 44.0 Å². The minimum absolute atomic E-state index is 0.526. The minimum atomic E-state index is 0.526. The first kappa shape index (κ1) is 20.7. The van der Waals surface area contributed by atoms with Crippen LogP contribution >= 0.6 is 12.2 Å². The van der Waals surface area contributed by atoms with Crippen LogP contribution in [-0.4, -0.2) is 50.5 Å². The van der Waals surface area contributed by atoms with Crippen molar-refractivity contribution in [1.29, 1.82) is 0 Å². The van der Waals surface area contributed by atoms with E-state index >= 15 is 0 Å². The molecular weight excluding hydrogens is 408 g/mol. The van der Waals surface area contributed by atoms with Crippen LogP contribution in [0.3, 0.4) is 0 Å². The average molecular weight is 433 g/mol. The van der Waals surface area contributed by atoms with Crippen molar-refractivity contribution in [3.05, 3.63) is 60.6 Å². The number of nitrogens with one attached hydrogen (secondary N) is 2. The monoisotopic (exact) mass is 432 g/mol. The van der Waals surface area contributed by atoms with E-state index in [0.29, 0.717) is 23.1 Å². The Kier molecular flexibility index (Phi) is 6.03. The summed E-state index contributed by atoms with van der Waals surface area (Å²) in [5.74, 6) is 0.626. The molecule has 9 heteroatoms. The van der Waals surface area contributed by atoms with Gasteiger partial charge in [-0.05, 0) is 49.0 Å². The predicted molar refractivity (Wildman–Crippen MR) is 128 cm³/mol. The summed E-state index contributed by atoms with van der Waals surface area (Å²) < 4.78 is 1.90. The summed E-state index contributed by atoms with van der Waals surface area (Å²) in [7, 11) is 4.07. The maximum absolute atomic E-state index is 5.23. The van der Waals surface area contributed by atoms with Crippen LogP contribution in [0.2, 0.25) is 0 Å². The number of hydrogen-bond donors (Lipinski definition) is 2. The summed E-state index contributed by atoms with van der Waals surface area (Å²) in [6.07, 6.45) is 5.52. The Balaban J connectivity index is 1.55. The largest absolute Gasteiger partial charge is 0.378 e. The van der Waals surface area contributed by atoms with Gasteiger partial charge in [0, 0.05) is 38.1 Å². The zero-order chi connectivity index (χ0) is 21.8. The standard InChI is InChI=1S/C22H24N8S/c1-4-23-22(31)28-20-9-8-18-21(27-20)26-19(12-24-18)16-11-25-30(14-16)13-15-6-5-7-17(10-15)29(2)3/h5-12,14H,4,13H2,1-3H3,(H2,23,26,27,28,31). The average Bonchev–Trinajstić information content (AvgIpc) is 3.22. The van der Waals surface area contributed by atoms with Gasteiger partial charge in [-0.3, -0.25) is 9.67 Å². The molecule has 0 atom stereocenters.